The molecule has 28 heavy (non-hydrogen) atoms. The highest BCUT2D eigenvalue weighted by molar-refractivity contribution is 6.04. The number of benzene rings is 1. The molecule has 3 unspecified atom stereocenters. The summed E-state index contributed by atoms with van der Waals surface area (Å²) in [5.74, 6) is -0.0557. The molecule has 0 radical (unpaired) electrons. The highest BCUT2D eigenvalue weighted by atomic mass is 79.9. The maximum Gasteiger partial charge on any atom is 0.233 e. The zero-order valence-corrected chi connectivity index (χ0v) is 19.7. The van der Waals surface area contributed by atoms with Crippen molar-refractivity contribution in [3.05, 3.63) is 35.9 Å². The van der Waals surface area contributed by atoms with Gasteiger partial charge in [-0.05, 0) is 24.3 Å². The van der Waals surface area contributed by atoms with Gasteiger partial charge in [0.1, 0.15) is 0 Å². The second-order valence-corrected chi connectivity index (χ2v) is 8.86. The molecule has 2 amide bonds. The zero-order valence-electron chi connectivity index (χ0n) is 18.2. The number of rotatable bonds is 10. The highest BCUT2D eigenvalue weighted by Crippen LogP contribution is 2.34. The van der Waals surface area contributed by atoms with Crippen LogP contribution in [0.3, 0.4) is 0 Å². The molecule has 4 nitrogen and oxygen atoms in total. The number of carbonyl (C=O) groups excluding carboxylic acids is 2. The first-order valence-electron chi connectivity index (χ1n) is 10.5. The standard InChI is InChI=1S/C23H37N2O2.BrH/c1-6-7-15-25(4,5)16-11-14-24-22(26)19(3)21(23(24)27)17-18(2)20-12-9-8-10-13-20;/h8-10,12-13,18-19,21H,6-7,11,14-17H2,1-5H3;1H/q+1;/p-1. The maximum absolute atomic E-state index is 12.9. The van der Waals surface area contributed by atoms with Crippen LogP contribution in [-0.2, 0) is 9.59 Å². The molecule has 0 N–H and O–H groups in total. The summed E-state index contributed by atoms with van der Waals surface area (Å²) < 4.78 is 0.952. The van der Waals surface area contributed by atoms with Gasteiger partial charge in [-0.15, -0.1) is 0 Å². The van der Waals surface area contributed by atoms with E-state index in [9.17, 15) is 9.59 Å². The van der Waals surface area contributed by atoms with Crippen LogP contribution < -0.4 is 17.0 Å². The summed E-state index contributed by atoms with van der Waals surface area (Å²) in [7, 11) is 4.46. The fraction of sp³-hybridized carbons (Fsp3) is 0.652. The third-order valence-electron chi connectivity index (χ3n) is 6.08. The van der Waals surface area contributed by atoms with Crippen LogP contribution in [0.25, 0.3) is 0 Å². The molecule has 1 aromatic carbocycles. The number of unbranched alkanes of at least 4 members (excludes halogenated alkanes) is 1. The molecule has 5 heteroatoms. The first-order valence-corrected chi connectivity index (χ1v) is 10.5. The minimum absolute atomic E-state index is 0. The minimum atomic E-state index is -0.203. The monoisotopic (exact) mass is 452 g/mol. The lowest BCUT2D eigenvalue weighted by atomic mass is 9.85. The largest absolute Gasteiger partial charge is 1.00 e. The van der Waals surface area contributed by atoms with Crippen molar-refractivity contribution < 1.29 is 31.1 Å². The van der Waals surface area contributed by atoms with E-state index in [0.717, 1.165) is 30.4 Å². The number of imide groups is 1. The molecule has 158 valence electrons. The second-order valence-electron chi connectivity index (χ2n) is 8.86. The van der Waals surface area contributed by atoms with Crippen molar-refractivity contribution in [2.75, 3.05) is 33.7 Å². The smallest absolute Gasteiger partial charge is 0.233 e. The fourth-order valence-electron chi connectivity index (χ4n) is 4.12. The second kappa shape index (κ2) is 11.1. The fourth-order valence-corrected chi connectivity index (χ4v) is 4.12. The molecule has 0 aliphatic carbocycles. The van der Waals surface area contributed by atoms with Gasteiger partial charge in [-0.25, -0.2) is 0 Å². The molecule has 1 heterocycles. The van der Waals surface area contributed by atoms with Crippen LogP contribution in [-0.4, -0.2) is 54.9 Å². The van der Waals surface area contributed by atoms with Gasteiger partial charge in [0.25, 0.3) is 0 Å². The molecule has 1 aromatic rings. The molecule has 0 saturated carbocycles. The molecular weight excluding hydrogens is 416 g/mol. The van der Waals surface area contributed by atoms with Gasteiger partial charge < -0.3 is 21.5 Å². The summed E-state index contributed by atoms with van der Waals surface area (Å²) in [6, 6.07) is 10.3. The van der Waals surface area contributed by atoms with Crippen LogP contribution in [0.1, 0.15) is 57.9 Å². The normalized spacial score (nSPS) is 21.0. The molecule has 2 rings (SSSR count). The SMILES string of the molecule is CCCC[N+](C)(C)CCCN1C(=O)C(C)C(CC(C)c2ccccc2)C1=O.[Br-]. The Hall–Kier alpha value is -1.20. The van der Waals surface area contributed by atoms with Gasteiger partial charge in [-0.3, -0.25) is 14.5 Å². The van der Waals surface area contributed by atoms with Crippen LogP contribution in [0.5, 0.6) is 0 Å². The van der Waals surface area contributed by atoms with E-state index in [4.69, 9.17) is 0 Å². The van der Waals surface area contributed by atoms with Gasteiger partial charge in [0, 0.05) is 18.9 Å². The Morgan fingerprint density at radius 1 is 1.04 bits per heavy atom. The van der Waals surface area contributed by atoms with Crippen molar-refractivity contribution in [2.45, 2.75) is 52.4 Å². The molecule has 0 aromatic heterocycles. The first kappa shape index (κ1) is 24.8. The highest BCUT2D eigenvalue weighted by Gasteiger charge is 2.45. The van der Waals surface area contributed by atoms with Crippen LogP contribution in [0.15, 0.2) is 30.3 Å². The molecule has 0 spiro atoms. The number of likely N-dealkylation sites (tertiary alicyclic amines) is 1. The van der Waals surface area contributed by atoms with Crippen molar-refractivity contribution in [3.8, 4) is 0 Å². The minimum Gasteiger partial charge on any atom is -1.00 e. The lowest BCUT2D eigenvalue weighted by molar-refractivity contribution is -0.890. The number of nitrogens with zero attached hydrogens (tertiary/aromatic N) is 2. The van der Waals surface area contributed by atoms with Gasteiger partial charge in [0.15, 0.2) is 0 Å². The predicted octanol–water partition coefficient (Wildman–Crippen LogP) is 1.07. The van der Waals surface area contributed by atoms with Crippen LogP contribution in [0.4, 0.5) is 0 Å². The Morgan fingerprint density at radius 2 is 1.64 bits per heavy atom. The van der Waals surface area contributed by atoms with Crippen molar-refractivity contribution in [1.29, 1.82) is 0 Å². The lowest BCUT2D eigenvalue weighted by Crippen LogP contribution is -3.00. The summed E-state index contributed by atoms with van der Waals surface area (Å²) in [5, 5.41) is 0. The summed E-state index contributed by atoms with van der Waals surface area (Å²) in [5.41, 5.74) is 1.23. The predicted molar refractivity (Wildman–Crippen MR) is 110 cm³/mol. The number of quaternary nitrogens is 1. The van der Waals surface area contributed by atoms with E-state index in [2.05, 4.69) is 40.1 Å². The third kappa shape index (κ3) is 6.41. The third-order valence-corrected chi connectivity index (χ3v) is 6.08. The number of halogens is 1. The van der Waals surface area contributed by atoms with Gasteiger partial charge >= 0.3 is 0 Å². The Labute approximate surface area is 181 Å². The van der Waals surface area contributed by atoms with Gasteiger partial charge in [-0.2, -0.15) is 0 Å². The van der Waals surface area contributed by atoms with E-state index in [1.807, 2.05) is 25.1 Å². The summed E-state index contributed by atoms with van der Waals surface area (Å²) in [6.45, 7) is 8.98. The number of carbonyl (C=O) groups is 2. The van der Waals surface area contributed by atoms with Crippen molar-refractivity contribution in [1.82, 2.24) is 4.90 Å². The molecule has 1 aliphatic heterocycles. The molecule has 0 bridgehead atoms. The van der Waals surface area contributed by atoms with E-state index in [-0.39, 0.29) is 46.5 Å². The first-order chi connectivity index (χ1) is 12.8. The number of hydrogen-bond donors (Lipinski definition) is 0. The number of hydrogen-bond acceptors (Lipinski definition) is 2. The van der Waals surface area contributed by atoms with Crippen molar-refractivity contribution in [3.63, 3.8) is 0 Å². The van der Waals surface area contributed by atoms with Crippen LogP contribution >= 0.6 is 0 Å². The zero-order chi connectivity index (χ0) is 20.0. The Kier molecular flexibility index (Phi) is 9.85. The van der Waals surface area contributed by atoms with E-state index in [1.165, 1.54) is 23.3 Å². The maximum atomic E-state index is 12.9. The van der Waals surface area contributed by atoms with Gasteiger partial charge in [-0.1, -0.05) is 57.5 Å². The summed E-state index contributed by atoms with van der Waals surface area (Å²) in [4.78, 5) is 27.1. The average molecular weight is 453 g/mol. The van der Waals surface area contributed by atoms with E-state index in [0.29, 0.717) is 6.54 Å². The van der Waals surface area contributed by atoms with Crippen molar-refractivity contribution in [2.24, 2.45) is 11.8 Å². The summed E-state index contributed by atoms with van der Waals surface area (Å²) >= 11 is 0. The Balaban J connectivity index is 0.00000392. The summed E-state index contributed by atoms with van der Waals surface area (Å²) in [6.07, 6.45) is 4.03. The Morgan fingerprint density at radius 3 is 2.25 bits per heavy atom. The Bertz CT molecular complexity index is 633. The molecule has 1 fully saturated rings. The van der Waals surface area contributed by atoms with Gasteiger partial charge in [0.2, 0.25) is 11.8 Å². The molecular formula is C23H37BrN2O2. The van der Waals surface area contributed by atoms with E-state index >= 15 is 0 Å². The lowest BCUT2D eigenvalue weighted by Gasteiger charge is -2.30. The average Bonchev–Trinajstić information content (AvgIpc) is 2.85. The topological polar surface area (TPSA) is 37.4 Å². The van der Waals surface area contributed by atoms with Crippen molar-refractivity contribution >= 4 is 11.8 Å². The van der Waals surface area contributed by atoms with Crippen LogP contribution in [0.2, 0.25) is 0 Å². The molecule has 1 saturated heterocycles. The molecule has 3 atom stereocenters. The van der Waals surface area contributed by atoms with Gasteiger partial charge in [0.05, 0.1) is 33.1 Å². The molecule has 1 aliphatic rings. The quantitative estimate of drug-likeness (QED) is 0.393. The van der Waals surface area contributed by atoms with E-state index in [1.54, 1.807) is 0 Å². The van der Waals surface area contributed by atoms with E-state index < -0.39 is 0 Å². The van der Waals surface area contributed by atoms with Crippen LogP contribution in [0, 0.1) is 11.8 Å². The number of amides is 2.